The van der Waals surface area contributed by atoms with Gasteiger partial charge in [-0.15, -0.1) is 0 Å². The van der Waals surface area contributed by atoms with E-state index < -0.39 is 0 Å². The number of hydrogen-bond acceptors (Lipinski definition) is 5. The fraction of sp³-hybridized carbons (Fsp3) is 0.889. The third-order valence-electron chi connectivity index (χ3n) is 9.17. The number of unbranched alkanes of at least 4 members (excludes halogenated alkanes) is 4. The molecule has 242 valence electrons. The molecule has 0 radical (unpaired) electrons. The molecule has 3 unspecified atom stereocenters. The van der Waals surface area contributed by atoms with Crippen LogP contribution in [0.4, 0.5) is 0 Å². The zero-order valence-electron chi connectivity index (χ0n) is 29.2. The van der Waals surface area contributed by atoms with Gasteiger partial charge in [-0.1, -0.05) is 132 Å². The first-order valence-electron chi connectivity index (χ1n) is 16.8. The van der Waals surface area contributed by atoms with Crippen molar-refractivity contribution in [3.63, 3.8) is 0 Å². The Kier molecular flexibility index (Phi) is 20.6. The molecule has 0 fully saturated rings. The molecule has 5 heteroatoms. The Hall–Kier alpha value is -1.36. The molecule has 0 aromatic rings. The lowest BCUT2D eigenvalue weighted by Gasteiger charge is -2.45. The summed E-state index contributed by atoms with van der Waals surface area (Å²) in [7, 11) is 4.06. The maximum absolute atomic E-state index is 12.9. The SMILES string of the molecule is CCCCCCCC(C)CCCC(C)CCC(OC(=O)CCCN(C)C)C(C)(C)C(C)(C)C=CCOC(=O)C(C)C. The fourth-order valence-electron chi connectivity index (χ4n) is 5.23. The average Bonchev–Trinajstić information content (AvgIpc) is 2.88. The molecule has 0 aromatic carbocycles. The number of carbonyl (C=O) groups is 2. The number of nitrogens with zero attached hydrogens (tertiary/aromatic N) is 1. The van der Waals surface area contributed by atoms with Crippen LogP contribution < -0.4 is 0 Å². The van der Waals surface area contributed by atoms with Gasteiger partial charge in [0.1, 0.15) is 12.7 Å². The summed E-state index contributed by atoms with van der Waals surface area (Å²) in [5.74, 6) is 0.991. The molecule has 0 bridgehead atoms. The maximum Gasteiger partial charge on any atom is 0.308 e. The largest absolute Gasteiger partial charge is 0.462 e. The predicted molar refractivity (Wildman–Crippen MR) is 175 cm³/mol. The Morgan fingerprint density at radius 1 is 0.780 bits per heavy atom. The number of carbonyl (C=O) groups excluding carboxylic acids is 2. The first-order valence-corrected chi connectivity index (χ1v) is 16.8. The summed E-state index contributed by atoms with van der Waals surface area (Å²) in [5.41, 5.74) is -0.559. The van der Waals surface area contributed by atoms with E-state index in [9.17, 15) is 9.59 Å². The number of ether oxygens (including phenoxy) is 2. The molecule has 5 nitrogen and oxygen atoms in total. The summed E-state index contributed by atoms with van der Waals surface area (Å²) < 4.78 is 11.6. The lowest BCUT2D eigenvalue weighted by Crippen LogP contribution is -2.44. The third-order valence-corrected chi connectivity index (χ3v) is 9.17. The highest BCUT2D eigenvalue weighted by atomic mass is 16.5. The van der Waals surface area contributed by atoms with E-state index in [0.29, 0.717) is 12.3 Å². The van der Waals surface area contributed by atoms with E-state index >= 15 is 0 Å². The smallest absolute Gasteiger partial charge is 0.308 e. The quantitative estimate of drug-likeness (QED) is 0.0647. The minimum atomic E-state index is -0.297. The van der Waals surface area contributed by atoms with Crippen LogP contribution in [0, 0.1) is 28.6 Å². The third kappa shape index (κ3) is 18.0. The van der Waals surface area contributed by atoms with E-state index in [4.69, 9.17) is 9.47 Å². The molecule has 0 rings (SSSR count). The summed E-state index contributed by atoms with van der Waals surface area (Å²) in [6.07, 6.45) is 19.0. The van der Waals surface area contributed by atoms with Gasteiger partial charge in [-0.25, -0.2) is 0 Å². The van der Waals surface area contributed by atoms with Crippen LogP contribution in [0.3, 0.4) is 0 Å². The lowest BCUT2D eigenvalue weighted by atomic mass is 9.63. The van der Waals surface area contributed by atoms with Crippen molar-refractivity contribution in [2.24, 2.45) is 28.6 Å². The summed E-state index contributed by atoms with van der Waals surface area (Å²) in [4.78, 5) is 26.9. The summed E-state index contributed by atoms with van der Waals surface area (Å²) in [6, 6.07) is 0. The zero-order chi connectivity index (χ0) is 31.5. The average molecular weight is 580 g/mol. The Balaban J connectivity index is 5.13. The van der Waals surface area contributed by atoms with E-state index in [1.54, 1.807) is 0 Å². The van der Waals surface area contributed by atoms with Gasteiger partial charge in [0.2, 0.25) is 0 Å². The molecule has 0 amide bonds. The molecule has 0 saturated carbocycles. The highest BCUT2D eigenvalue weighted by molar-refractivity contribution is 5.71. The maximum atomic E-state index is 12.9. The van der Waals surface area contributed by atoms with Gasteiger partial charge in [0.25, 0.3) is 0 Å². The van der Waals surface area contributed by atoms with Crippen molar-refractivity contribution in [1.29, 1.82) is 0 Å². The molecular weight excluding hydrogens is 510 g/mol. The minimum Gasteiger partial charge on any atom is -0.462 e. The van der Waals surface area contributed by atoms with E-state index in [-0.39, 0.29) is 41.4 Å². The highest BCUT2D eigenvalue weighted by Gasteiger charge is 2.43. The van der Waals surface area contributed by atoms with Crippen LogP contribution in [0.2, 0.25) is 0 Å². The molecule has 0 N–H and O–H groups in total. The number of esters is 2. The van der Waals surface area contributed by atoms with Crippen molar-refractivity contribution in [3.05, 3.63) is 12.2 Å². The molecule has 3 atom stereocenters. The van der Waals surface area contributed by atoms with Gasteiger partial charge in [-0.05, 0) is 57.2 Å². The molecule has 41 heavy (non-hydrogen) atoms. The van der Waals surface area contributed by atoms with E-state index in [0.717, 1.165) is 31.7 Å². The van der Waals surface area contributed by atoms with Crippen LogP contribution in [0.5, 0.6) is 0 Å². The molecule has 0 saturated heterocycles. The van der Waals surface area contributed by atoms with Crippen molar-refractivity contribution >= 4 is 11.9 Å². The monoisotopic (exact) mass is 580 g/mol. The van der Waals surface area contributed by atoms with Gasteiger partial charge in [-0.2, -0.15) is 0 Å². The van der Waals surface area contributed by atoms with Crippen molar-refractivity contribution in [2.75, 3.05) is 27.2 Å². The Bertz CT molecular complexity index is 725. The highest BCUT2D eigenvalue weighted by Crippen LogP contribution is 2.45. The summed E-state index contributed by atoms with van der Waals surface area (Å²) >= 11 is 0. The molecular formula is C36H69NO4. The van der Waals surface area contributed by atoms with E-state index in [2.05, 4.69) is 59.4 Å². The van der Waals surface area contributed by atoms with Crippen molar-refractivity contribution in [1.82, 2.24) is 4.90 Å². The van der Waals surface area contributed by atoms with Gasteiger partial charge in [0.15, 0.2) is 0 Å². The van der Waals surface area contributed by atoms with Gasteiger partial charge in [-0.3, -0.25) is 9.59 Å². The van der Waals surface area contributed by atoms with Gasteiger partial charge in [0.05, 0.1) is 5.92 Å². The normalized spacial score (nSPS) is 15.0. The first-order chi connectivity index (χ1) is 19.1. The zero-order valence-corrected chi connectivity index (χ0v) is 29.2. The van der Waals surface area contributed by atoms with Crippen LogP contribution in [0.25, 0.3) is 0 Å². The molecule has 0 aliphatic heterocycles. The second kappa shape index (κ2) is 21.3. The molecule has 0 aliphatic carbocycles. The number of rotatable bonds is 24. The van der Waals surface area contributed by atoms with Crippen LogP contribution in [-0.2, 0) is 19.1 Å². The predicted octanol–water partition coefficient (Wildman–Crippen LogP) is 9.63. The first kappa shape index (κ1) is 39.6. The molecule has 0 aromatic heterocycles. The second-order valence-electron chi connectivity index (χ2n) is 14.4. The van der Waals surface area contributed by atoms with Crippen LogP contribution in [0.15, 0.2) is 12.2 Å². The van der Waals surface area contributed by atoms with Crippen molar-refractivity contribution in [2.45, 2.75) is 152 Å². The summed E-state index contributed by atoms with van der Waals surface area (Å²) in [6.45, 7) is 20.7. The Morgan fingerprint density at radius 3 is 1.95 bits per heavy atom. The van der Waals surface area contributed by atoms with Crippen molar-refractivity contribution in [3.8, 4) is 0 Å². The van der Waals surface area contributed by atoms with Crippen LogP contribution >= 0.6 is 0 Å². The Labute approximate surface area is 255 Å². The van der Waals surface area contributed by atoms with Gasteiger partial charge < -0.3 is 14.4 Å². The lowest BCUT2D eigenvalue weighted by molar-refractivity contribution is -0.160. The van der Waals surface area contributed by atoms with E-state index in [1.807, 2.05) is 34.0 Å². The Morgan fingerprint density at radius 2 is 1.37 bits per heavy atom. The van der Waals surface area contributed by atoms with Gasteiger partial charge >= 0.3 is 11.9 Å². The molecule has 0 aliphatic rings. The fourth-order valence-corrected chi connectivity index (χ4v) is 5.23. The second-order valence-corrected chi connectivity index (χ2v) is 14.4. The van der Waals surface area contributed by atoms with Crippen LogP contribution in [-0.4, -0.2) is 50.2 Å². The minimum absolute atomic E-state index is 0.101. The van der Waals surface area contributed by atoms with E-state index in [1.165, 1.54) is 57.8 Å². The number of allylic oxidation sites excluding steroid dienone is 1. The molecule has 0 heterocycles. The van der Waals surface area contributed by atoms with Gasteiger partial charge in [0, 0.05) is 11.8 Å². The summed E-state index contributed by atoms with van der Waals surface area (Å²) in [5, 5.41) is 0. The topological polar surface area (TPSA) is 55.8 Å². The van der Waals surface area contributed by atoms with Crippen LogP contribution in [0.1, 0.15) is 146 Å². The standard InChI is InChI=1S/C36H69NO4/c1-12-13-14-15-16-20-30(4)21-17-22-31(5)24-25-32(41-33(38)23-18-27-37(10)11)36(8,9)35(6,7)26-19-28-40-34(39)29(2)3/h19,26,29-32H,12-18,20-25,27-28H2,1-11H3. The van der Waals surface area contributed by atoms with Crippen molar-refractivity contribution < 1.29 is 19.1 Å². The number of hydrogen-bond donors (Lipinski definition) is 0. The molecule has 0 spiro atoms.